The van der Waals surface area contributed by atoms with Crippen molar-refractivity contribution in [3.05, 3.63) is 34.4 Å². The molecule has 0 saturated carbocycles. The van der Waals surface area contributed by atoms with E-state index in [9.17, 15) is 14.9 Å². The van der Waals surface area contributed by atoms with Gasteiger partial charge in [0, 0.05) is 6.07 Å². The van der Waals surface area contributed by atoms with Crippen LogP contribution in [0.4, 0.5) is 5.69 Å². The summed E-state index contributed by atoms with van der Waals surface area (Å²) < 4.78 is 4.51. The highest BCUT2D eigenvalue weighted by molar-refractivity contribution is 5.77. The van der Waals surface area contributed by atoms with Crippen LogP contribution in [0.15, 0.2) is 24.3 Å². The molecule has 0 fully saturated rings. The van der Waals surface area contributed by atoms with Gasteiger partial charge in [-0.15, -0.1) is 0 Å². The van der Waals surface area contributed by atoms with Gasteiger partial charge in [0.05, 0.1) is 4.92 Å². The van der Waals surface area contributed by atoms with E-state index in [1.165, 1.54) is 24.3 Å². The molecule has 80 valence electrons. The van der Waals surface area contributed by atoms with Crippen LogP contribution in [0.1, 0.15) is 0 Å². The maximum absolute atomic E-state index is 10.9. The zero-order chi connectivity index (χ0) is 11.4. The Bertz CT molecular complexity index is 390. The molecule has 7 heteroatoms. The molecular weight excluding hydrogens is 204 g/mol. The minimum Gasteiger partial charge on any atom is -0.416 e. The summed E-state index contributed by atoms with van der Waals surface area (Å²) in [7, 11) is 0. The summed E-state index contributed by atoms with van der Waals surface area (Å²) in [5.41, 5.74) is 4.45. The van der Waals surface area contributed by atoms with Gasteiger partial charge in [0.2, 0.25) is 12.0 Å². The Kier molecular flexibility index (Phi) is 3.32. The number of ether oxygens (including phenoxy) is 1. The van der Waals surface area contributed by atoms with Gasteiger partial charge in [-0.25, -0.2) is 4.79 Å². The molecule has 1 aromatic rings. The molecule has 0 radical (unpaired) electrons. The lowest BCUT2D eigenvalue weighted by atomic mass is 10.3. The summed E-state index contributed by atoms with van der Waals surface area (Å²) in [6.45, 7) is 0. The molecule has 15 heavy (non-hydrogen) atoms. The van der Waals surface area contributed by atoms with Crippen LogP contribution < -0.4 is 10.5 Å². The average molecular weight is 212 g/mol. The molecule has 0 aliphatic carbocycles. The number of nitro benzene ring substituents is 1. The molecule has 0 aromatic heterocycles. The van der Waals surface area contributed by atoms with E-state index in [-0.39, 0.29) is 11.4 Å². The maximum Gasteiger partial charge on any atom is 0.355 e. The van der Waals surface area contributed by atoms with Crippen molar-refractivity contribution in [3.63, 3.8) is 0 Å². The van der Waals surface area contributed by atoms with E-state index in [0.29, 0.717) is 0 Å². The fourth-order valence-corrected chi connectivity index (χ4v) is 0.863. The number of nitrogens with two attached hydrogens (primary N) is 1. The second kappa shape index (κ2) is 4.49. The van der Waals surface area contributed by atoms with Gasteiger partial charge in [-0.05, 0) is 6.07 Å². The molecule has 0 bridgehead atoms. The molecule has 1 unspecified atom stereocenters. The van der Waals surface area contributed by atoms with E-state index in [1.807, 2.05) is 0 Å². The van der Waals surface area contributed by atoms with Gasteiger partial charge in [0.15, 0.2) is 0 Å². The Hall–Kier alpha value is -1.99. The number of hydrogen-bond donors (Lipinski definition) is 2. The highest BCUT2D eigenvalue weighted by Gasteiger charge is 2.19. The molecule has 0 spiro atoms. The van der Waals surface area contributed by atoms with Crippen molar-refractivity contribution < 1.29 is 19.6 Å². The predicted octanol–water partition coefficient (Wildman–Crippen LogP) is -0.223. The van der Waals surface area contributed by atoms with Gasteiger partial charge in [0.25, 0.3) is 0 Å². The third-order valence-corrected chi connectivity index (χ3v) is 1.51. The quantitative estimate of drug-likeness (QED) is 0.235. The van der Waals surface area contributed by atoms with Gasteiger partial charge in [-0.1, -0.05) is 12.1 Å². The molecule has 3 N–H and O–H groups in total. The highest BCUT2D eigenvalue weighted by atomic mass is 16.6. The number of carbonyl (C=O) groups is 1. The SMILES string of the molecule is NC(O)C(=O)Oc1ccccc1[N+](=O)[O-]. The van der Waals surface area contributed by atoms with Crippen LogP contribution in [0, 0.1) is 10.1 Å². The lowest BCUT2D eigenvalue weighted by Crippen LogP contribution is -2.33. The summed E-state index contributed by atoms with van der Waals surface area (Å²) in [6.07, 6.45) is -1.81. The number of benzene rings is 1. The Balaban J connectivity index is 2.94. The number of esters is 1. The molecule has 0 aliphatic rings. The van der Waals surface area contributed by atoms with Gasteiger partial charge in [-0.3, -0.25) is 15.8 Å². The molecule has 0 aliphatic heterocycles. The van der Waals surface area contributed by atoms with E-state index in [1.54, 1.807) is 0 Å². The first kappa shape index (κ1) is 11.1. The Labute approximate surface area is 84.2 Å². The van der Waals surface area contributed by atoms with Gasteiger partial charge >= 0.3 is 11.7 Å². The van der Waals surface area contributed by atoms with E-state index >= 15 is 0 Å². The summed E-state index contributed by atoms with van der Waals surface area (Å²) in [4.78, 5) is 20.7. The van der Waals surface area contributed by atoms with Crippen molar-refractivity contribution in [1.82, 2.24) is 0 Å². The summed E-state index contributed by atoms with van der Waals surface area (Å²) in [5, 5.41) is 19.1. The van der Waals surface area contributed by atoms with E-state index in [2.05, 4.69) is 4.74 Å². The van der Waals surface area contributed by atoms with Gasteiger partial charge in [0.1, 0.15) is 0 Å². The molecule has 1 aromatic carbocycles. The summed E-state index contributed by atoms with van der Waals surface area (Å²) in [5.74, 6) is -1.40. The predicted molar refractivity (Wildman–Crippen MR) is 48.9 cm³/mol. The van der Waals surface area contributed by atoms with Crippen molar-refractivity contribution in [2.45, 2.75) is 6.23 Å². The Morgan fingerprint density at radius 2 is 2.13 bits per heavy atom. The van der Waals surface area contributed by atoms with Gasteiger partial charge in [-0.2, -0.15) is 0 Å². The maximum atomic E-state index is 10.9. The third-order valence-electron chi connectivity index (χ3n) is 1.51. The van der Waals surface area contributed by atoms with Crippen molar-refractivity contribution in [2.24, 2.45) is 5.73 Å². The zero-order valence-corrected chi connectivity index (χ0v) is 7.49. The molecule has 7 nitrogen and oxygen atoms in total. The molecule has 1 atom stereocenters. The third kappa shape index (κ3) is 2.73. The van der Waals surface area contributed by atoms with Crippen LogP contribution in [0.5, 0.6) is 5.75 Å². The standard InChI is InChI=1S/C8H8N2O5/c9-7(11)8(12)15-6-4-2-1-3-5(6)10(13)14/h1-4,7,11H,9H2. The van der Waals surface area contributed by atoms with Crippen LogP contribution in [-0.4, -0.2) is 22.2 Å². The monoisotopic (exact) mass is 212 g/mol. The minimum atomic E-state index is -1.81. The summed E-state index contributed by atoms with van der Waals surface area (Å²) >= 11 is 0. The summed E-state index contributed by atoms with van der Waals surface area (Å²) in [6, 6.07) is 5.29. The van der Waals surface area contributed by atoms with E-state index < -0.39 is 17.1 Å². The molecule has 0 amide bonds. The topological polar surface area (TPSA) is 116 Å². The molecule has 0 saturated heterocycles. The van der Waals surface area contributed by atoms with Crippen LogP contribution in [0.2, 0.25) is 0 Å². The van der Waals surface area contributed by atoms with Crippen LogP contribution in [-0.2, 0) is 4.79 Å². The van der Waals surface area contributed by atoms with Crippen LogP contribution >= 0.6 is 0 Å². The fourth-order valence-electron chi connectivity index (χ4n) is 0.863. The zero-order valence-electron chi connectivity index (χ0n) is 7.49. The number of rotatable bonds is 3. The first-order valence-corrected chi connectivity index (χ1v) is 3.91. The number of hydrogen-bond acceptors (Lipinski definition) is 6. The lowest BCUT2D eigenvalue weighted by Gasteiger charge is -2.05. The smallest absolute Gasteiger partial charge is 0.355 e. The van der Waals surface area contributed by atoms with Crippen molar-refractivity contribution in [2.75, 3.05) is 0 Å². The minimum absolute atomic E-state index is 0.253. The fraction of sp³-hybridized carbons (Fsp3) is 0.125. The first-order chi connectivity index (χ1) is 7.02. The first-order valence-electron chi connectivity index (χ1n) is 3.91. The Morgan fingerprint density at radius 1 is 1.53 bits per heavy atom. The number of para-hydroxylation sites is 2. The number of aliphatic hydroxyl groups excluding tert-OH is 1. The highest BCUT2D eigenvalue weighted by Crippen LogP contribution is 2.25. The second-order valence-electron chi connectivity index (χ2n) is 2.59. The van der Waals surface area contributed by atoms with Crippen LogP contribution in [0.25, 0.3) is 0 Å². The lowest BCUT2D eigenvalue weighted by molar-refractivity contribution is -0.385. The van der Waals surface area contributed by atoms with Crippen molar-refractivity contribution in [3.8, 4) is 5.75 Å². The number of nitrogens with zero attached hydrogens (tertiary/aromatic N) is 1. The van der Waals surface area contributed by atoms with E-state index in [0.717, 1.165) is 0 Å². The second-order valence-corrected chi connectivity index (χ2v) is 2.59. The van der Waals surface area contributed by atoms with Gasteiger partial charge < -0.3 is 9.84 Å². The normalized spacial score (nSPS) is 11.9. The van der Waals surface area contributed by atoms with Crippen molar-refractivity contribution >= 4 is 11.7 Å². The molecule has 0 heterocycles. The largest absolute Gasteiger partial charge is 0.416 e. The Morgan fingerprint density at radius 3 is 2.67 bits per heavy atom. The number of nitro groups is 1. The number of carbonyl (C=O) groups excluding carboxylic acids is 1. The van der Waals surface area contributed by atoms with Crippen molar-refractivity contribution in [1.29, 1.82) is 0 Å². The van der Waals surface area contributed by atoms with Crippen LogP contribution in [0.3, 0.4) is 0 Å². The van der Waals surface area contributed by atoms with E-state index in [4.69, 9.17) is 10.8 Å². The average Bonchev–Trinajstić information content (AvgIpc) is 2.18. The molecular formula is C8H8N2O5. The molecule has 1 rings (SSSR count). The number of aliphatic hydroxyl groups is 1.